The number of nitrogens with one attached hydrogen (secondary N) is 2. The molecule has 0 spiro atoms. The number of allylic oxidation sites excluding steroid dienone is 2. The number of H-pyrrole nitrogens is 1. The van der Waals surface area contributed by atoms with E-state index in [1.54, 1.807) is 13.0 Å². The summed E-state index contributed by atoms with van der Waals surface area (Å²) in [5.74, 6) is -1.32. The molecular formula is C27H26N4O3. The molecule has 0 saturated carbocycles. The average Bonchev–Trinajstić information content (AvgIpc) is 2.75. The van der Waals surface area contributed by atoms with Gasteiger partial charge in [0.1, 0.15) is 17.4 Å². The number of rotatable bonds is 3. The lowest BCUT2D eigenvalue weighted by Crippen LogP contribution is -2.31. The molecule has 3 aromatic rings. The zero-order valence-corrected chi connectivity index (χ0v) is 19.8. The van der Waals surface area contributed by atoms with Crippen LogP contribution in [0.1, 0.15) is 40.7 Å². The maximum atomic E-state index is 13.5. The fourth-order valence-electron chi connectivity index (χ4n) is 4.55. The first-order chi connectivity index (χ1) is 16.1. The third-order valence-electron chi connectivity index (χ3n) is 6.11. The lowest BCUT2D eigenvalue weighted by atomic mass is 9.82. The molecule has 1 unspecified atom stereocenters. The highest BCUT2D eigenvalue weighted by Gasteiger charge is 2.37. The van der Waals surface area contributed by atoms with Crippen LogP contribution in [0, 0.1) is 39.0 Å². The van der Waals surface area contributed by atoms with Gasteiger partial charge in [-0.2, -0.15) is 5.26 Å². The van der Waals surface area contributed by atoms with E-state index in [9.17, 15) is 14.9 Å². The van der Waals surface area contributed by atoms with Crippen LogP contribution in [0.2, 0.25) is 0 Å². The van der Waals surface area contributed by atoms with E-state index in [1.165, 1.54) is 0 Å². The van der Waals surface area contributed by atoms with E-state index in [-0.39, 0.29) is 28.4 Å². The number of aromatic amines is 1. The van der Waals surface area contributed by atoms with Crippen molar-refractivity contribution in [2.24, 2.45) is 5.73 Å². The zero-order chi connectivity index (χ0) is 24.7. The third kappa shape index (κ3) is 3.95. The zero-order valence-electron chi connectivity index (χ0n) is 19.8. The molecule has 7 nitrogen and oxygen atoms in total. The monoisotopic (exact) mass is 454 g/mol. The van der Waals surface area contributed by atoms with Gasteiger partial charge in [0.05, 0.1) is 17.0 Å². The number of hydrogen-bond donors (Lipinski definition) is 3. The summed E-state index contributed by atoms with van der Waals surface area (Å²) < 4.78 is 5.57. The van der Waals surface area contributed by atoms with Gasteiger partial charge in [0.25, 0.3) is 11.5 Å². The molecule has 4 rings (SSSR count). The summed E-state index contributed by atoms with van der Waals surface area (Å²) in [6.45, 7) is 9.37. The van der Waals surface area contributed by atoms with Gasteiger partial charge in [-0.05, 0) is 69.3 Å². The van der Waals surface area contributed by atoms with E-state index < -0.39 is 17.4 Å². The number of anilines is 1. The molecule has 0 saturated heterocycles. The van der Waals surface area contributed by atoms with Crippen molar-refractivity contribution in [1.82, 2.24) is 4.98 Å². The first-order valence-corrected chi connectivity index (χ1v) is 10.9. The number of amides is 1. The number of benzene rings is 2. The van der Waals surface area contributed by atoms with Gasteiger partial charge in [0, 0.05) is 11.3 Å². The van der Waals surface area contributed by atoms with E-state index in [0.29, 0.717) is 11.2 Å². The largest absolute Gasteiger partial charge is 0.445 e. The van der Waals surface area contributed by atoms with Crippen LogP contribution in [0.15, 0.2) is 64.0 Å². The van der Waals surface area contributed by atoms with Crippen molar-refractivity contribution in [3.63, 3.8) is 0 Å². The number of carbonyl (C=O) groups excluding carboxylic acids is 1. The molecule has 2 heterocycles. The Balaban J connectivity index is 1.89. The van der Waals surface area contributed by atoms with E-state index in [2.05, 4.69) is 16.4 Å². The Kier molecular flexibility index (Phi) is 5.76. The topological polar surface area (TPSA) is 121 Å². The smallest absolute Gasteiger partial charge is 0.256 e. The van der Waals surface area contributed by atoms with Crippen LogP contribution in [-0.4, -0.2) is 10.9 Å². The van der Waals surface area contributed by atoms with Crippen molar-refractivity contribution in [1.29, 1.82) is 5.26 Å². The van der Waals surface area contributed by atoms with Gasteiger partial charge in [-0.25, -0.2) is 0 Å². The summed E-state index contributed by atoms with van der Waals surface area (Å²) in [5.41, 5.74) is 11.4. The number of carbonyl (C=O) groups is 1. The fourth-order valence-corrected chi connectivity index (χ4v) is 4.55. The van der Waals surface area contributed by atoms with E-state index in [1.807, 2.05) is 58.0 Å². The van der Waals surface area contributed by atoms with Gasteiger partial charge in [0.15, 0.2) is 0 Å². The second-order valence-electron chi connectivity index (χ2n) is 8.77. The molecule has 2 aromatic carbocycles. The van der Waals surface area contributed by atoms with Gasteiger partial charge in [-0.15, -0.1) is 0 Å². The van der Waals surface area contributed by atoms with Crippen LogP contribution >= 0.6 is 0 Å². The molecule has 1 aliphatic rings. The number of aromatic nitrogens is 1. The lowest BCUT2D eigenvalue weighted by molar-refractivity contribution is -0.113. The standard InChI is InChI=1S/C27H26N4O3/c1-13-6-7-21(15(3)8-13)30-27(33)22-17(5)34-25(29)20(12-28)23(22)19-11-18-10-14(2)9-16(4)24(18)31-26(19)32/h6-11,23H,29H2,1-5H3,(H,30,33)(H,31,32). The first-order valence-electron chi connectivity index (χ1n) is 10.9. The number of nitrogens with two attached hydrogens (primary N) is 1. The summed E-state index contributed by atoms with van der Waals surface area (Å²) in [6, 6.07) is 13.4. The number of aryl methyl sites for hydroxylation is 4. The second-order valence-corrected chi connectivity index (χ2v) is 8.77. The number of ether oxygens (including phenoxy) is 1. The Morgan fingerprint density at radius 1 is 1.06 bits per heavy atom. The highest BCUT2D eigenvalue weighted by atomic mass is 16.5. The maximum Gasteiger partial charge on any atom is 0.256 e. The Bertz CT molecular complexity index is 1520. The van der Waals surface area contributed by atoms with Gasteiger partial charge in [-0.1, -0.05) is 29.3 Å². The van der Waals surface area contributed by atoms with Gasteiger partial charge < -0.3 is 20.8 Å². The van der Waals surface area contributed by atoms with E-state index in [0.717, 1.165) is 27.6 Å². The van der Waals surface area contributed by atoms with Gasteiger partial charge in [-0.3, -0.25) is 9.59 Å². The number of nitrogens with zero attached hydrogens (tertiary/aromatic N) is 1. The Hall–Kier alpha value is -4.31. The summed E-state index contributed by atoms with van der Waals surface area (Å²) in [4.78, 5) is 29.7. The summed E-state index contributed by atoms with van der Waals surface area (Å²) in [6.07, 6.45) is 0. The van der Waals surface area contributed by atoms with Crippen molar-refractivity contribution in [2.45, 2.75) is 40.5 Å². The van der Waals surface area contributed by atoms with Crippen LogP contribution < -0.4 is 16.6 Å². The minimum atomic E-state index is -0.974. The van der Waals surface area contributed by atoms with Crippen LogP contribution in [0.3, 0.4) is 0 Å². The maximum absolute atomic E-state index is 13.5. The average molecular weight is 455 g/mol. The van der Waals surface area contributed by atoms with Crippen molar-refractivity contribution < 1.29 is 9.53 Å². The molecule has 34 heavy (non-hydrogen) atoms. The van der Waals surface area contributed by atoms with Crippen molar-refractivity contribution >= 4 is 22.5 Å². The lowest BCUT2D eigenvalue weighted by Gasteiger charge is -2.27. The molecule has 1 aliphatic heterocycles. The molecule has 1 amide bonds. The van der Waals surface area contributed by atoms with E-state index in [4.69, 9.17) is 10.5 Å². The van der Waals surface area contributed by atoms with Gasteiger partial charge in [0.2, 0.25) is 5.88 Å². The summed E-state index contributed by atoms with van der Waals surface area (Å²) in [5, 5.41) is 13.6. The minimum absolute atomic E-state index is 0.0191. The Labute approximate surface area is 197 Å². The van der Waals surface area contributed by atoms with Crippen LogP contribution in [0.5, 0.6) is 0 Å². The van der Waals surface area contributed by atoms with Crippen molar-refractivity contribution in [3.8, 4) is 6.07 Å². The Morgan fingerprint density at radius 3 is 2.44 bits per heavy atom. The molecule has 1 atom stereocenters. The number of nitriles is 1. The predicted octanol–water partition coefficient (Wildman–Crippen LogP) is 4.48. The van der Waals surface area contributed by atoms with E-state index >= 15 is 0 Å². The Morgan fingerprint density at radius 2 is 1.76 bits per heavy atom. The molecule has 4 N–H and O–H groups in total. The SMILES string of the molecule is CC1=C(C(=O)Nc2ccc(C)cc2C)C(c2cc3cc(C)cc(C)c3[nH]c2=O)C(C#N)=C(N)O1. The second kappa shape index (κ2) is 8.56. The summed E-state index contributed by atoms with van der Waals surface area (Å²) >= 11 is 0. The fraction of sp³-hybridized carbons (Fsp3) is 0.222. The summed E-state index contributed by atoms with van der Waals surface area (Å²) in [7, 11) is 0. The predicted molar refractivity (Wildman–Crippen MR) is 132 cm³/mol. The highest BCUT2D eigenvalue weighted by molar-refractivity contribution is 6.06. The van der Waals surface area contributed by atoms with Gasteiger partial charge >= 0.3 is 0 Å². The molecule has 172 valence electrons. The van der Waals surface area contributed by atoms with Crippen LogP contribution in [0.25, 0.3) is 10.9 Å². The molecule has 0 radical (unpaired) electrons. The molecule has 0 aliphatic carbocycles. The number of fused-ring (bicyclic) bond motifs is 1. The highest BCUT2D eigenvalue weighted by Crippen LogP contribution is 2.39. The molecule has 0 bridgehead atoms. The third-order valence-corrected chi connectivity index (χ3v) is 6.11. The first kappa shape index (κ1) is 22.9. The normalized spacial score (nSPS) is 15.8. The molecule has 1 aromatic heterocycles. The van der Waals surface area contributed by atoms with Crippen molar-refractivity contribution in [2.75, 3.05) is 5.32 Å². The van der Waals surface area contributed by atoms with Crippen molar-refractivity contribution in [3.05, 3.63) is 97.4 Å². The minimum Gasteiger partial charge on any atom is -0.445 e. The number of pyridine rings is 1. The molecule has 7 heteroatoms. The van der Waals surface area contributed by atoms with Crippen LogP contribution in [0.4, 0.5) is 5.69 Å². The quantitative estimate of drug-likeness (QED) is 0.539. The van der Waals surface area contributed by atoms with Crippen LogP contribution in [-0.2, 0) is 9.53 Å². The molecular weight excluding hydrogens is 428 g/mol. The molecule has 0 fully saturated rings. The number of hydrogen-bond acceptors (Lipinski definition) is 5.